The van der Waals surface area contributed by atoms with Crippen molar-refractivity contribution in [2.45, 2.75) is 19.9 Å². The Hall–Kier alpha value is -1.84. The molecule has 2 rings (SSSR count). The molecule has 0 aliphatic carbocycles. The molecule has 0 aliphatic heterocycles. The SMILES string of the molecule is COC(=O)C(C)(C)[C@@H](N)c1ccc(-c2ccccc2)cc1.Cl. The zero-order valence-electron chi connectivity index (χ0n) is 13.1. The molecule has 0 saturated carbocycles. The Kier molecular flexibility index (Phi) is 6.15. The maximum absolute atomic E-state index is 11.8. The van der Waals surface area contributed by atoms with Crippen LogP contribution in [-0.2, 0) is 9.53 Å². The third-order valence-corrected chi connectivity index (χ3v) is 3.87. The molecule has 0 aromatic heterocycles. The van der Waals surface area contributed by atoms with E-state index in [9.17, 15) is 4.79 Å². The molecule has 0 spiro atoms. The van der Waals surface area contributed by atoms with E-state index in [1.807, 2.05) is 42.5 Å². The van der Waals surface area contributed by atoms with Gasteiger partial charge in [-0.25, -0.2) is 0 Å². The zero-order chi connectivity index (χ0) is 15.5. The second-order valence-corrected chi connectivity index (χ2v) is 5.68. The predicted octanol–water partition coefficient (Wildman–Crippen LogP) is 3.97. The van der Waals surface area contributed by atoms with Crippen LogP contribution in [0.3, 0.4) is 0 Å². The fourth-order valence-electron chi connectivity index (χ4n) is 2.32. The van der Waals surface area contributed by atoms with Gasteiger partial charge in [0, 0.05) is 6.04 Å². The van der Waals surface area contributed by atoms with Crippen molar-refractivity contribution in [3.8, 4) is 11.1 Å². The molecule has 0 fully saturated rings. The summed E-state index contributed by atoms with van der Waals surface area (Å²) in [5.74, 6) is -0.304. The Bertz CT molecular complexity index is 609. The summed E-state index contributed by atoms with van der Waals surface area (Å²) >= 11 is 0. The third kappa shape index (κ3) is 3.67. The summed E-state index contributed by atoms with van der Waals surface area (Å²) in [6, 6.07) is 17.7. The molecule has 0 bridgehead atoms. The van der Waals surface area contributed by atoms with E-state index in [1.54, 1.807) is 13.8 Å². The van der Waals surface area contributed by atoms with Crippen molar-refractivity contribution in [2.24, 2.45) is 11.1 Å². The smallest absolute Gasteiger partial charge is 0.313 e. The number of nitrogens with two attached hydrogens (primary N) is 1. The largest absolute Gasteiger partial charge is 0.469 e. The van der Waals surface area contributed by atoms with E-state index in [-0.39, 0.29) is 18.4 Å². The van der Waals surface area contributed by atoms with Crippen LogP contribution in [0.25, 0.3) is 11.1 Å². The normalized spacial score (nSPS) is 12.2. The average molecular weight is 320 g/mol. The van der Waals surface area contributed by atoms with Gasteiger partial charge in [-0.2, -0.15) is 0 Å². The van der Waals surface area contributed by atoms with Crippen molar-refractivity contribution in [2.75, 3.05) is 7.11 Å². The number of benzene rings is 2. The topological polar surface area (TPSA) is 52.3 Å². The average Bonchev–Trinajstić information content (AvgIpc) is 2.54. The molecule has 0 heterocycles. The van der Waals surface area contributed by atoms with E-state index in [2.05, 4.69) is 12.1 Å². The minimum absolute atomic E-state index is 0. The van der Waals surface area contributed by atoms with E-state index in [4.69, 9.17) is 10.5 Å². The molecule has 4 heteroatoms. The standard InChI is InChI=1S/C18H21NO2.ClH/c1-18(2,17(20)21-3)16(19)15-11-9-14(10-12-15)13-7-5-4-6-8-13;/h4-12,16H,19H2,1-3H3;1H/t16-;/m0./s1. The van der Waals surface area contributed by atoms with Crippen LogP contribution in [0.1, 0.15) is 25.5 Å². The van der Waals surface area contributed by atoms with Crippen LogP contribution in [-0.4, -0.2) is 13.1 Å². The monoisotopic (exact) mass is 319 g/mol. The fourth-order valence-corrected chi connectivity index (χ4v) is 2.32. The van der Waals surface area contributed by atoms with Gasteiger partial charge < -0.3 is 10.5 Å². The molecule has 1 atom stereocenters. The summed E-state index contributed by atoms with van der Waals surface area (Å²) in [6.45, 7) is 3.60. The van der Waals surface area contributed by atoms with Crippen LogP contribution in [0.2, 0.25) is 0 Å². The summed E-state index contributed by atoms with van der Waals surface area (Å²) in [5, 5.41) is 0. The number of hydrogen-bond acceptors (Lipinski definition) is 3. The number of ether oxygens (including phenoxy) is 1. The van der Waals surface area contributed by atoms with Crippen LogP contribution < -0.4 is 5.73 Å². The molecule has 22 heavy (non-hydrogen) atoms. The Morgan fingerprint density at radius 3 is 2.00 bits per heavy atom. The van der Waals surface area contributed by atoms with E-state index >= 15 is 0 Å². The molecular formula is C18H22ClNO2. The molecule has 2 aromatic rings. The van der Waals surface area contributed by atoms with Crippen molar-refractivity contribution in [3.05, 3.63) is 60.2 Å². The number of halogens is 1. The number of esters is 1. The number of carbonyl (C=O) groups excluding carboxylic acids is 1. The lowest BCUT2D eigenvalue weighted by molar-refractivity contribution is -0.152. The van der Waals surface area contributed by atoms with E-state index in [0.29, 0.717) is 0 Å². The maximum atomic E-state index is 11.8. The summed E-state index contributed by atoms with van der Waals surface area (Å²) in [4.78, 5) is 11.8. The second-order valence-electron chi connectivity index (χ2n) is 5.68. The Morgan fingerprint density at radius 2 is 1.50 bits per heavy atom. The fraction of sp³-hybridized carbons (Fsp3) is 0.278. The van der Waals surface area contributed by atoms with Gasteiger partial charge in [0.15, 0.2) is 0 Å². The van der Waals surface area contributed by atoms with Crippen molar-refractivity contribution >= 4 is 18.4 Å². The number of carbonyl (C=O) groups is 1. The van der Waals surface area contributed by atoms with Crippen LogP contribution in [0.15, 0.2) is 54.6 Å². The van der Waals surface area contributed by atoms with Crippen LogP contribution in [0.5, 0.6) is 0 Å². The maximum Gasteiger partial charge on any atom is 0.313 e. The highest BCUT2D eigenvalue weighted by atomic mass is 35.5. The van der Waals surface area contributed by atoms with E-state index in [0.717, 1.165) is 16.7 Å². The van der Waals surface area contributed by atoms with Gasteiger partial charge in [-0.1, -0.05) is 54.6 Å². The van der Waals surface area contributed by atoms with Gasteiger partial charge in [-0.15, -0.1) is 12.4 Å². The first-order valence-electron chi connectivity index (χ1n) is 6.96. The van der Waals surface area contributed by atoms with Crippen LogP contribution >= 0.6 is 12.4 Å². The lowest BCUT2D eigenvalue weighted by Gasteiger charge is -2.29. The van der Waals surface area contributed by atoms with Crippen molar-refractivity contribution in [1.82, 2.24) is 0 Å². The molecule has 0 unspecified atom stereocenters. The van der Waals surface area contributed by atoms with Gasteiger partial charge in [0.1, 0.15) is 0 Å². The molecule has 0 amide bonds. The highest BCUT2D eigenvalue weighted by Crippen LogP contribution is 2.33. The minimum atomic E-state index is -0.761. The third-order valence-electron chi connectivity index (χ3n) is 3.87. The van der Waals surface area contributed by atoms with Gasteiger partial charge >= 0.3 is 5.97 Å². The van der Waals surface area contributed by atoms with Gasteiger partial charge in [0.25, 0.3) is 0 Å². The predicted molar refractivity (Wildman–Crippen MR) is 91.9 cm³/mol. The number of methoxy groups -OCH3 is 1. The van der Waals surface area contributed by atoms with E-state index in [1.165, 1.54) is 7.11 Å². The van der Waals surface area contributed by atoms with Gasteiger partial charge in [0.05, 0.1) is 12.5 Å². The van der Waals surface area contributed by atoms with Crippen LogP contribution in [0, 0.1) is 5.41 Å². The minimum Gasteiger partial charge on any atom is -0.469 e. The quantitative estimate of drug-likeness (QED) is 0.867. The van der Waals surface area contributed by atoms with E-state index < -0.39 is 11.5 Å². The first-order valence-corrected chi connectivity index (χ1v) is 6.96. The Balaban J connectivity index is 0.00000242. The highest BCUT2D eigenvalue weighted by Gasteiger charge is 2.36. The van der Waals surface area contributed by atoms with Gasteiger partial charge in [-0.05, 0) is 30.5 Å². The Labute approximate surface area is 137 Å². The van der Waals surface area contributed by atoms with Crippen molar-refractivity contribution < 1.29 is 9.53 Å². The molecule has 0 saturated heterocycles. The molecule has 0 radical (unpaired) electrons. The first-order chi connectivity index (χ1) is 9.96. The molecule has 3 nitrogen and oxygen atoms in total. The first kappa shape index (κ1) is 18.2. The molecule has 118 valence electrons. The number of hydrogen-bond donors (Lipinski definition) is 1. The Morgan fingerprint density at radius 1 is 1.00 bits per heavy atom. The number of rotatable bonds is 4. The summed E-state index contributed by atoms with van der Waals surface area (Å²) in [5.41, 5.74) is 8.68. The van der Waals surface area contributed by atoms with Gasteiger partial charge in [0.2, 0.25) is 0 Å². The lowest BCUT2D eigenvalue weighted by atomic mass is 9.81. The summed E-state index contributed by atoms with van der Waals surface area (Å²) in [6.07, 6.45) is 0. The van der Waals surface area contributed by atoms with Crippen molar-refractivity contribution in [1.29, 1.82) is 0 Å². The molecule has 2 N–H and O–H groups in total. The summed E-state index contributed by atoms with van der Waals surface area (Å²) < 4.78 is 4.83. The highest BCUT2D eigenvalue weighted by molar-refractivity contribution is 5.85. The lowest BCUT2D eigenvalue weighted by Crippen LogP contribution is -2.37. The molecular weight excluding hydrogens is 298 g/mol. The van der Waals surface area contributed by atoms with Crippen molar-refractivity contribution in [3.63, 3.8) is 0 Å². The molecule has 0 aliphatic rings. The molecule has 2 aromatic carbocycles. The zero-order valence-corrected chi connectivity index (χ0v) is 13.9. The second kappa shape index (κ2) is 7.43. The summed E-state index contributed by atoms with van der Waals surface area (Å²) in [7, 11) is 1.38. The van der Waals surface area contributed by atoms with Gasteiger partial charge in [-0.3, -0.25) is 4.79 Å². The van der Waals surface area contributed by atoms with Crippen LogP contribution in [0.4, 0.5) is 0 Å².